The average Bonchev–Trinajstić information content (AvgIpc) is 2.47. The Morgan fingerprint density at radius 2 is 1.78 bits per heavy atom. The third kappa shape index (κ3) is 4.62. The molecule has 130 valence electrons. The lowest BCUT2D eigenvalue weighted by Crippen LogP contribution is -2.64. The zero-order valence-corrected chi connectivity index (χ0v) is 14.0. The molecule has 1 fully saturated rings. The van der Waals surface area contributed by atoms with Crippen LogP contribution in [0, 0.1) is 11.3 Å². The van der Waals surface area contributed by atoms with E-state index in [4.69, 9.17) is 9.47 Å². The first-order valence-corrected chi connectivity index (χ1v) is 7.89. The normalized spacial score (nSPS) is 19.7. The molecule has 0 aromatic carbocycles. The predicted molar refractivity (Wildman–Crippen MR) is 84.4 cm³/mol. The molecule has 0 aromatic heterocycles. The Bertz CT molecular complexity index is 443. The molecule has 23 heavy (non-hydrogen) atoms. The Morgan fingerprint density at radius 3 is 2.30 bits per heavy atom. The van der Waals surface area contributed by atoms with Crippen LogP contribution in [0.15, 0.2) is 12.7 Å². The van der Waals surface area contributed by atoms with Gasteiger partial charge in [0.05, 0.1) is 0 Å². The van der Waals surface area contributed by atoms with Crippen molar-refractivity contribution in [2.75, 3.05) is 13.2 Å². The summed E-state index contributed by atoms with van der Waals surface area (Å²) in [6.45, 7) is 10.2. The summed E-state index contributed by atoms with van der Waals surface area (Å²) in [5, 5.41) is 4.37. The number of urea groups is 1. The van der Waals surface area contributed by atoms with Gasteiger partial charge in [0.2, 0.25) is 11.8 Å². The van der Waals surface area contributed by atoms with Crippen molar-refractivity contribution in [3.05, 3.63) is 12.7 Å². The summed E-state index contributed by atoms with van der Waals surface area (Å²) in [7, 11) is 0. The van der Waals surface area contributed by atoms with E-state index in [2.05, 4.69) is 17.2 Å². The van der Waals surface area contributed by atoms with Crippen molar-refractivity contribution < 1.29 is 23.9 Å². The second kappa shape index (κ2) is 8.79. The molecular weight excluding hydrogens is 300 g/mol. The zero-order valence-electron chi connectivity index (χ0n) is 14.0. The molecule has 7 heteroatoms. The van der Waals surface area contributed by atoms with Crippen LogP contribution in [0.5, 0.6) is 0 Å². The Morgan fingerprint density at radius 1 is 1.17 bits per heavy atom. The number of ether oxygens (including phenoxy) is 2. The number of amides is 4. The Labute approximate surface area is 136 Å². The number of hydrogen-bond acceptors (Lipinski definition) is 5. The van der Waals surface area contributed by atoms with Crippen molar-refractivity contribution in [3.63, 3.8) is 0 Å². The van der Waals surface area contributed by atoms with Gasteiger partial charge >= 0.3 is 6.03 Å². The molecule has 1 rings (SSSR count). The van der Waals surface area contributed by atoms with E-state index < -0.39 is 23.3 Å². The highest BCUT2D eigenvalue weighted by Crippen LogP contribution is 2.37. The van der Waals surface area contributed by atoms with Crippen LogP contribution >= 0.6 is 0 Å². The van der Waals surface area contributed by atoms with Crippen LogP contribution in [0.1, 0.15) is 40.0 Å². The highest BCUT2D eigenvalue weighted by molar-refractivity contribution is 6.19. The molecule has 2 N–H and O–H groups in total. The lowest BCUT2D eigenvalue weighted by atomic mass is 9.69. The van der Waals surface area contributed by atoms with Crippen LogP contribution < -0.4 is 10.6 Å². The van der Waals surface area contributed by atoms with Crippen molar-refractivity contribution >= 4 is 17.8 Å². The van der Waals surface area contributed by atoms with Crippen LogP contribution in [0.4, 0.5) is 4.79 Å². The summed E-state index contributed by atoms with van der Waals surface area (Å²) in [4.78, 5) is 35.9. The van der Waals surface area contributed by atoms with Gasteiger partial charge in [0.25, 0.3) is 0 Å². The monoisotopic (exact) mass is 326 g/mol. The lowest BCUT2D eigenvalue weighted by molar-refractivity contribution is -0.149. The fourth-order valence-corrected chi connectivity index (χ4v) is 2.79. The predicted octanol–water partition coefficient (Wildman–Crippen LogP) is 1.73. The van der Waals surface area contributed by atoms with Crippen molar-refractivity contribution in [1.82, 2.24) is 10.6 Å². The van der Waals surface area contributed by atoms with Gasteiger partial charge < -0.3 is 9.47 Å². The van der Waals surface area contributed by atoms with E-state index in [1.807, 2.05) is 20.8 Å². The van der Waals surface area contributed by atoms with Gasteiger partial charge in [-0.1, -0.05) is 13.0 Å². The molecule has 0 aliphatic carbocycles. The maximum Gasteiger partial charge on any atom is 0.328 e. The average molecular weight is 326 g/mol. The summed E-state index contributed by atoms with van der Waals surface area (Å²) >= 11 is 0. The SMILES string of the molecule is C=CCC1(C(C)CCCOC(C)OCC)C(=O)NC(=O)NC1=O. The van der Waals surface area contributed by atoms with Gasteiger partial charge in [0.15, 0.2) is 6.29 Å². The van der Waals surface area contributed by atoms with E-state index >= 15 is 0 Å². The number of hydrogen-bond donors (Lipinski definition) is 2. The van der Waals surface area contributed by atoms with E-state index in [0.29, 0.717) is 26.1 Å². The molecule has 2 unspecified atom stereocenters. The summed E-state index contributed by atoms with van der Waals surface area (Å²) in [6, 6.07) is -0.777. The van der Waals surface area contributed by atoms with Crippen LogP contribution in [-0.4, -0.2) is 37.3 Å². The molecule has 1 aliphatic rings. The number of imide groups is 2. The van der Waals surface area contributed by atoms with Crippen LogP contribution in [-0.2, 0) is 19.1 Å². The molecule has 4 amide bonds. The Hall–Kier alpha value is -1.73. The number of carbonyl (C=O) groups is 3. The summed E-state index contributed by atoms with van der Waals surface area (Å²) in [5.41, 5.74) is -1.30. The molecule has 2 atom stereocenters. The van der Waals surface area contributed by atoms with Crippen molar-refractivity contribution in [3.8, 4) is 0 Å². The molecule has 1 saturated heterocycles. The number of nitrogens with one attached hydrogen (secondary N) is 2. The van der Waals surface area contributed by atoms with Crippen molar-refractivity contribution in [2.24, 2.45) is 11.3 Å². The highest BCUT2D eigenvalue weighted by Gasteiger charge is 2.52. The number of barbiturate groups is 1. The first-order valence-electron chi connectivity index (χ1n) is 7.89. The molecule has 0 spiro atoms. The maximum absolute atomic E-state index is 12.3. The Kier molecular flexibility index (Phi) is 7.38. The highest BCUT2D eigenvalue weighted by atomic mass is 16.7. The van der Waals surface area contributed by atoms with Crippen molar-refractivity contribution in [1.29, 1.82) is 0 Å². The molecule has 0 radical (unpaired) electrons. The molecule has 1 heterocycles. The van der Waals surface area contributed by atoms with Crippen LogP contribution in [0.25, 0.3) is 0 Å². The first kappa shape index (κ1) is 19.3. The first-order chi connectivity index (χ1) is 10.9. The molecule has 1 aliphatic heterocycles. The van der Waals surface area contributed by atoms with Crippen LogP contribution in [0.2, 0.25) is 0 Å². The van der Waals surface area contributed by atoms with E-state index in [9.17, 15) is 14.4 Å². The molecule has 7 nitrogen and oxygen atoms in total. The minimum atomic E-state index is -1.30. The molecule has 0 bridgehead atoms. The fourth-order valence-electron chi connectivity index (χ4n) is 2.79. The van der Waals surface area contributed by atoms with Gasteiger partial charge in [-0.25, -0.2) is 4.79 Å². The van der Waals surface area contributed by atoms with E-state index in [0.717, 1.165) is 0 Å². The minimum absolute atomic E-state index is 0.176. The molecular formula is C16H26N2O5. The quantitative estimate of drug-likeness (QED) is 0.276. The third-order valence-electron chi connectivity index (χ3n) is 4.11. The van der Waals surface area contributed by atoms with Gasteiger partial charge in [-0.2, -0.15) is 0 Å². The summed E-state index contributed by atoms with van der Waals surface area (Å²) < 4.78 is 10.8. The zero-order chi connectivity index (χ0) is 17.5. The van der Waals surface area contributed by atoms with Crippen molar-refractivity contribution in [2.45, 2.75) is 46.3 Å². The lowest BCUT2D eigenvalue weighted by Gasteiger charge is -2.38. The van der Waals surface area contributed by atoms with Crippen LogP contribution in [0.3, 0.4) is 0 Å². The molecule has 0 saturated carbocycles. The maximum atomic E-state index is 12.3. The number of carbonyl (C=O) groups excluding carboxylic acids is 3. The van der Waals surface area contributed by atoms with Gasteiger partial charge in [0, 0.05) is 13.2 Å². The second-order valence-electron chi connectivity index (χ2n) is 5.64. The van der Waals surface area contributed by atoms with Gasteiger partial charge in [0.1, 0.15) is 5.41 Å². The molecule has 0 aromatic rings. The van der Waals surface area contributed by atoms with E-state index in [1.54, 1.807) is 0 Å². The summed E-state index contributed by atoms with van der Waals surface area (Å²) in [6.07, 6.45) is 2.69. The van der Waals surface area contributed by atoms with Gasteiger partial charge in [-0.3, -0.25) is 20.2 Å². The van der Waals surface area contributed by atoms with Gasteiger partial charge in [-0.05, 0) is 39.0 Å². The van der Waals surface area contributed by atoms with Gasteiger partial charge in [-0.15, -0.1) is 6.58 Å². The minimum Gasteiger partial charge on any atom is -0.353 e. The fraction of sp³-hybridized carbons (Fsp3) is 0.688. The largest absolute Gasteiger partial charge is 0.353 e. The number of allylic oxidation sites excluding steroid dienone is 1. The second-order valence-corrected chi connectivity index (χ2v) is 5.64. The standard InChI is InChI=1S/C16H26N2O5/c1-5-9-16(13(19)17-15(21)18-14(16)20)11(3)8-7-10-23-12(4)22-6-2/h5,11-12H,1,6-10H2,2-4H3,(H2,17,18,19,20,21). The van der Waals surface area contributed by atoms with E-state index in [-0.39, 0.29) is 18.6 Å². The smallest absolute Gasteiger partial charge is 0.328 e. The topological polar surface area (TPSA) is 93.7 Å². The van der Waals surface area contributed by atoms with E-state index in [1.165, 1.54) is 6.08 Å². The third-order valence-corrected chi connectivity index (χ3v) is 4.11. The summed E-state index contributed by atoms with van der Waals surface area (Å²) in [5.74, 6) is -1.40. The Balaban J connectivity index is 2.66. The number of rotatable bonds is 10.